The van der Waals surface area contributed by atoms with Gasteiger partial charge in [-0.15, -0.1) is 12.4 Å². The Morgan fingerprint density at radius 1 is 1.38 bits per heavy atom. The summed E-state index contributed by atoms with van der Waals surface area (Å²) >= 11 is 3.54. The van der Waals surface area contributed by atoms with Gasteiger partial charge in [0.25, 0.3) is 0 Å². The van der Waals surface area contributed by atoms with Crippen molar-refractivity contribution in [1.29, 1.82) is 0 Å². The molecule has 0 aromatic heterocycles. The van der Waals surface area contributed by atoms with Crippen LogP contribution in [0.1, 0.15) is 24.9 Å². The molecule has 0 saturated carbocycles. The molecule has 0 radical (unpaired) electrons. The summed E-state index contributed by atoms with van der Waals surface area (Å²) in [4.78, 5) is 2.43. The summed E-state index contributed by atoms with van der Waals surface area (Å²) in [5.41, 5.74) is 1.16. The lowest BCUT2D eigenvalue weighted by Gasteiger charge is -2.35. The minimum Gasteiger partial charge on any atom is -0.494 e. The van der Waals surface area contributed by atoms with E-state index < -0.39 is 0 Å². The molecule has 1 aromatic rings. The molecule has 1 saturated heterocycles. The maximum absolute atomic E-state index is 9.42. The van der Waals surface area contributed by atoms with E-state index in [4.69, 9.17) is 4.74 Å². The van der Waals surface area contributed by atoms with Crippen LogP contribution in [-0.2, 0) is 0 Å². The molecular weight excluding hydrogens is 356 g/mol. The molecule has 1 aromatic carbocycles. The zero-order chi connectivity index (χ0) is 14.4. The molecule has 6 heteroatoms. The first-order valence-electron chi connectivity index (χ1n) is 7.24. The number of aliphatic hydroxyl groups excluding tert-OH is 1. The van der Waals surface area contributed by atoms with Crippen molar-refractivity contribution in [1.82, 2.24) is 10.2 Å². The molecule has 2 N–H and O–H groups in total. The molecule has 2 rings (SSSR count). The normalized spacial score (nSPS) is 17.1. The maximum atomic E-state index is 9.42. The second-order valence-corrected chi connectivity index (χ2v) is 5.84. The summed E-state index contributed by atoms with van der Waals surface area (Å²) in [6, 6.07) is 6.34. The van der Waals surface area contributed by atoms with Crippen LogP contribution in [0.4, 0.5) is 0 Å². The van der Waals surface area contributed by atoms with Gasteiger partial charge in [-0.2, -0.15) is 0 Å². The smallest absolute Gasteiger partial charge is 0.124 e. The molecule has 0 unspecified atom stereocenters. The molecule has 1 fully saturated rings. The maximum Gasteiger partial charge on any atom is 0.124 e. The molecule has 4 nitrogen and oxygen atoms in total. The van der Waals surface area contributed by atoms with Crippen molar-refractivity contribution < 1.29 is 9.84 Å². The summed E-state index contributed by atoms with van der Waals surface area (Å²) in [6.07, 6.45) is 0.733. The van der Waals surface area contributed by atoms with Crippen molar-refractivity contribution in [2.24, 2.45) is 0 Å². The summed E-state index contributed by atoms with van der Waals surface area (Å²) in [7, 11) is 0. The Kier molecular flexibility index (Phi) is 8.59. The molecule has 1 heterocycles. The summed E-state index contributed by atoms with van der Waals surface area (Å²) < 4.78 is 6.82. The van der Waals surface area contributed by atoms with Crippen LogP contribution in [0.5, 0.6) is 5.75 Å². The van der Waals surface area contributed by atoms with Crippen LogP contribution in [0.2, 0.25) is 0 Å². The van der Waals surface area contributed by atoms with E-state index in [9.17, 15) is 5.11 Å². The fourth-order valence-corrected chi connectivity index (χ4v) is 3.10. The average molecular weight is 380 g/mol. The Hall–Kier alpha value is -0.330. The van der Waals surface area contributed by atoms with Gasteiger partial charge in [0, 0.05) is 48.9 Å². The van der Waals surface area contributed by atoms with Gasteiger partial charge < -0.3 is 15.2 Å². The van der Waals surface area contributed by atoms with Crippen LogP contribution >= 0.6 is 28.3 Å². The summed E-state index contributed by atoms with van der Waals surface area (Å²) in [5.74, 6) is 0.924. The lowest BCUT2D eigenvalue weighted by molar-refractivity contribution is 0.138. The second kappa shape index (κ2) is 9.64. The monoisotopic (exact) mass is 378 g/mol. The van der Waals surface area contributed by atoms with Gasteiger partial charge in [0.1, 0.15) is 5.75 Å². The number of rotatable bonds is 6. The predicted octanol–water partition coefficient (Wildman–Crippen LogP) is 2.60. The quantitative estimate of drug-likeness (QED) is 0.797. The first-order chi connectivity index (χ1) is 9.76. The molecular formula is C15H24BrClN2O2. The summed E-state index contributed by atoms with van der Waals surface area (Å²) in [6.45, 7) is 6.84. The van der Waals surface area contributed by atoms with Gasteiger partial charge in [0.2, 0.25) is 0 Å². The molecule has 21 heavy (non-hydrogen) atoms. The minimum atomic E-state index is 0. The van der Waals surface area contributed by atoms with Gasteiger partial charge in [0.05, 0.1) is 6.61 Å². The number of nitrogens with one attached hydrogen (secondary N) is 1. The number of aliphatic hydroxyl groups is 1. The molecule has 0 bridgehead atoms. The van der Waals surface area contributed by atoms with E-state index in [1.165, 1.54) is 0 Å². The lowest BCUT2D eigenvalue weighted by Crippen LogP contribution is -2.45. The molecule has 120 valence electrons. The number of ether oxygens (including phenoxy) is 1. The standard InChI is InChI=1S/C15H23BrN2O2.ClH/c1-2-20-15-4-3-12(16)11-13(15)14(5-10-19)18-8-6-17-7-9-18;/h3-4,11,14,17,19H,2,5-10H2,1H3;1H/t14-;/m0./s1. The summed E-state index contributed by atoms with van der Waals surface area (Å²) in [5, 5.41) is 12.8. The fourth-order valence-electron chi connectivity index (χ4n) is 2.72. The van der Waals surface area contributed by atoms with E-state index in [-0.39, 0.29) is 25.1 Å². The topological polar surface area (TPSA) is 44.7 Å². The highest BCUT2D eigenvalue weighted by Crippen LogP contribution is 2.34. The number of piperazine rings is 1. The van der Waals surface area contributed by atoms with Crippen LogP contribution in [0, 0.1) is 0 Å². The van der Waals surface area contributed by atoms with E-state index in [1.807, 2.05) is 19.1 Å². The number of hydrogen-bond donors (Lipinski definition) is 2. The Labute approximate surface area is 141 Å². The van der Waals surface area contributed by atoms with Crippen molar-refractivity contribution in [3.05, 3.63) is 28.2 Å². The molecule has 0 spiro atoms. The third-order valence-corrected chi connectivity index (χ3v) is 4.12. The van der Waals surface area contributed by atoms with E-state index in [1.54, 1.807) is 0 Å². The Balaban J connectivity index is 0.00000220. The number of benzene rings is 1. The van der Waals surface area contributed by atoms with Crippen LogP contribution in [0.15, 0.2) is 22.7 Å². The van der Waals surface area contributed by atoms with E-state index in [0.717, 1.165) is 48.4 Å². The van der Waals surface area contributed by atoms with Crippen molar-refractivity contribution in [2.75, 3.05) is 39.4 Å². The average Bonchev–Trinajstić information content (AvgIpc) is 2.48. The first-order valence-corrected chi connectivity index (χ1v) is 8.03. The van der Waals surface area contributed by atoms with Gasteiger partial charge in [-0.1, -0.05) is 15.9 Å². The van der Waals surface area contributed by atoms with Gasteiger partial charge in [-0.25, -0.2) is 0 Å². The SMILES string of the molecule is CCOc1ccc(Br)cc1[C@H](CCO)N1CCNCC1.Cl. The number of hydrogen-bond acceptors (Lipinski definition) is 4. The van der Waals surface area contributed by atoms with E-state index in [2.05, 4.69) is 32.2 Å². The van der Waals surface area contributed by atoms with Crippen molar-refractivity contribution >= 4 is 28.3 Å². The Bertz CT molecular complexity index is 428. The molecule has 0 amide bonds. The second-order valence-electron chi connectivity index (χ2n) is 4.93. The van der Waals surface area contributed by atoms with Crippen molar-refractivity contribution in [3.63, 3.8) is 0 Å². The number of halogens is 2. The molecule has 1 aliphatic rings. The molecule has 0 aliphatic carbocycles. The van der Waals surface area contributed by atoms with Crippen molar-refractivity contribution in [3.8, 4) is 5.75 Å². The van der Waals surface area contributed by atoms with E-state index >= 15 is 0 Å². The highest BCUT2D eigenvalue weighted by Gasteiger charge is 2.24. The van der Waals surface area contributed by atoms with Gasteiger partial charge in [-0.05, 0) is 31.5 Å². The lowest BCUT2D eigenvalue weighted by atomic mass is 10.0. The van der Waals surface area contributed by atoms with Crippen LogP contribution in [0.25, 0.3) is 0 Å². The number of nitrogens with zero attached hydrogens (tertiary/aromatic N) is 1. The Morgan fingerprint density at radius 3 is 2.71 bits per heavy atom. The predicted molar refractivity (Wildman–Crippen MR) is 91.4 cm³/mol. The van der Waals surface area contributed by atoms with Gasteiger partial charge >= 0.3 is 0 Å². The highest BCUT2D eigenvalue weighted by atomic mass is 79.9. The fraction of sp³-hybridized carbons (Fsp3) is 0.600. The molecule has 1 atom stereocenters. The highest BCUT2D eigenvalue weighted by molar-refractivity contribution is 9.10. The minimum absolute atomic E-state index is 0. The Morgan fingerprint density at radius 2 is 2.10 bits per heavy atom. The van der Waals surface area contributed by atoms with Crippen LogP contribution in [0.3, 0.4) is 0 Å². The largest absolute Gasteiger partial charge is 0.494 e. The third kappa shape index (κ3) is 5.11. The van der Waals surface area contributed by atoms with Crippen molar-refractivity contribution in [2.45, 2.75) is 19.4 Å². The first kappa shape index (κ1) is 18.7. The third-order valence-electron chi connectivity index (χ3n) is 3.63. The molecule has 1 aliphatic heterocycles. The van der Waals surface area contributed by atoms with Gasteiger partial charge in [-0.3, -0.25) is 4.90 Å². The zero-order valence-electron chi connectivity index (χ0n) is 12.3. The van der Waals surface area contributed by atoms with E-state index in [0.29, 0.717) is 6.61 Å². The van der Waals surface area contributed by atoms with Crippen LogP contribution < -0.4 is 10.1 Å². The van der Waals surface area contributed by atoms with Gasteiger partial charge in [0.15, 0.2) is 0 Å². The van der Waals surface area contributed by atoms with Crippen LogP contribution in [-0.4, -0.2) is 49.4 Å². The zero-order valence-corrected chi connectivity index (χ0v) is 14.8.